The van der Waals surface area contributed by atoms with Gasteiger partial charge >= 0.3 is 5.69 Å². The minimum absolute atomic E-state index is 0.0393. The molecular formula is C11H14N4O. The lowest BCUT2D eigenvalue weighted by Gasteiger charge is -2.25. The molecule has 1 aliphatic rings. The summed E-state index contributed by atoms with van der Waals surface area (Å²) in [7, 11) is 0. The maximum Gasteiger partial charge on any atom is 0.327 e. The summed E-state index contributed by atoms with van der Waals surface area (Å²) < 4.78 is 1.78. The third-order valence-corrected chi connectivity index (χ3v) is 2.96. The van der Waals surface area contributed by atoms with Gasteiger partial charge in [0.25, 0.3) is 0 Å². The number of H-pyrrole nitrogens is 1. The van der Waals surface area contributed by atoms with E-state index in [0.717, 1.165) is 30.7 Å². The number of benzene rings is 1. The Morgan fingerprint density at radius 2 is 2.12 bits per heavy atom. The molecule has 5 heteroatoms. The second-order valence-electron chi connectivity index (χ2n) is 3.99. The van der Waals surface area contributed by atoms with Crippen LogP contribution in [0.25, 0.3) is 11.0 Å². The monoisotopic (exact) mass is 218 g/mol. The Kier molecular flexibility index (Phi) is 2.27. The maximum atomic E-state index is 11.9. The van der Waals surface area contributed by atoms with E-state index < -0.39 is 0 Å². The van der Waals surface area contributed by atoms with E-state index >= 15 is 0 Å². The van der Waals surface area contributed by atoms with Gasteiger partial charge in [-0.2, -0.15) is 0 Å². The van der Waals surface area contributed by atoms with E-state index in [2.05, 4.69) is 15.6 Å². The van der Waals surface area contributed by atoms with Gasteiger partial charge in [0.05, 0.1) is 11.0 Å². The third kappa shape index (κ3) is 1.45. The van der Waals surface area contributed by atoms with Crippen LogP contribution >= 0.6 is 0 Å². The summed E-state index contributed by atoms with van der Waals surface area (Å²) >= 11 is 0. The van der Waals surface area contributed by atoms with Gasteiger partial charge in [-0.1, -0.05) is 12.1 Å². The van der Waals surface area contributed by atoms with Crippen LogP contribution in [-0.4, -0.2) is 29.2 Å². The molecule has 3 N–H and O–H groups in total. The van der Waals surface area contributed by atoms with Gasteiger partial charge in [0.1, 0.15) is 6.17 Å². The van der Waals surface area contributed by atoms with Crippen molar-refractivity contribution in [1.82, 2.24) is 20.2 Å². The van der Waals surface area contributed by atoms with Crippen molar-refractivity contribution >= 4 is 11.0 Å². The zero-order valence-electron chi connectivity index (χ0n) is 8.86. The summed E-state index contributed by atoms with van der Waals surface area (Å²) in [6, 6.07) is 7.75. The molecule has 0 amide bonds. The number of nitrogens with zero attached hydrogens (tertiary/aromatic N) is 1. The summed E-state index contributed by atoms with van der Waals surface area (Å²) in [6.07, 6.45) is 0.0393. The number of rotatable bonds is 1. The predicted octanol–water partition coefficient (Wildman–Crippen LogP) is 0.0210. The average Bonchev–Trinajstić information content (AvgIpc) is 2.66. The molecule has 0 spiro atoms. The van der Waals surface area contributed by atoms with Gasteiger partial charge in [-0.3, -0.25) is 9.88 Å². The first-order chi connectivity index (χ1) is 7.86. The Balaban J connectivity index is 2.14. The molecule has 5 nitrogen and oxygen atoms in total. The van der Waals surface area contributed by atoms with Crippen molar-refractivity contribution in [2.75, 3.05) is 19.6 Å². The molecule has 0 radical (unpaired) electrons. The summed E-state index contributed by atoms with van der Waals surface area (Å²) in [6.45, 7) is 2.62. The third-order valence-electron chi connectivity index (χ3n) is 2.96. The van der Waals surface area contributed by atoms with Crippen LogP contribution in [0, 0.1) is 0 Å². The van der Waals surface area contributed by atoms with Crippen LogP contribution in [0.2, 0.25) is 0 Å². The Morgan fingerprint density at radius 1 is 1.25 bits per heavy atom. The number of nitrogens with one attached hydrogen (secondary N) is 3. The van der Waals surface area contributed by atoms with Crippen molar-refractivity contribution in [3.63, 3.8) is 0 Å². The number of imidazole rings is 1. The van der Waals surface area contributed by atoms with E-state index in [1.54, 1.807) is 4.57 Å². The normalized spacial score (nSPS) is 21.4. The highest BCUT2D eigenvalue weighted by molar-refractivity contribution is 5.75. The minimum Gasteiger partial charge on any atom is -0.312 e. The quantitative estimate of drug-likeness (QED) is 0.632. The van der Waals surface area contributed by atoms with Crippen LogP contribution in [0.5, 0.6) is 0 Å². The number of hydrogen-bond acceptors (Lipinski definition) is 3. The Bertz CT molecular complexity index is 550. The summed E-state index contributed by atoms with van der Waals surface area (Å²) in [5.41, 5.74) is 1.79. The maximum absolute atomic E-state index is 11.9. The molecule has 2 heterocycles. The molecule has 2 aromatic rings. The summed E-state index contributed by atoms with van der Waals surface area (Å²) in [4.78, 5) is 14.7. The summed E-state index contributed by atoms with van der Waals surface area (Å²) in [5, 5.41) is 6.61. The molecule has 0 aliphatic carbocycles. The fourth-order valence-electron chi connectivity index (χ4n) is 2.20. The van der Waals surface area contributed by atoms with Gasteiger partial charge in [-0.05, 0) is 12.1 Å². The van der Waals surface area contributed by atoms with E-state index in [1.807, 2.05) is 24.3 Å². The molecule has 84 valence electrons. The van der Waals surface area contributed by atoms with Gasteiger partial charge in [-0.25, -0.2) is 4.79 Å². The molecule has 3 rings (SSSR count). The predicted molar refractivity (Wildman–Crippen MR) is 62.5 cm³/mol. The van der Waals surface area contributed by atoms with Gasteiger partial charge in [0.2, 0.25) is 0 Å². The Labute approximate surface area is 92.5 Å². The number of fused-ring (bicyclic) bond motifs is 1. The molecule has 1 aliphatic heterocycles. The molecule has 0 saturated carbocycles. The topological polar surface area (TPSA) is 61.9 Å². The van der Waals surface area contributed by atoms with Crippen LogP contribution in [0.1, 0.15) is 6.17 Å². The smallest absolute Gasteiger partial charge is 0.312 e. The van der Waals surface area contributed by atoms with E-state index in [0.29, 0.717) is 0 Å². The molecule has 1 saturated heterocycles. The second-order valence-corrected chi connectivity index (χ2v) is 3.99. The van der Waals surface area contributed by atoms with Crippen LogP contribution < -0.4 is 16.3 Å². The Morgan fingerprint density at radius 3 is 2.94 bits per heavy atom. The molecule has 1 fully saturated rings. The number of aromatic amines is 1. The highest BCUT2D eigenvalue weighted by Crippen LogP contribution is 2.13. The standard InChI is InChI=1S/C11H14N4O/c16-11-14-8-3-1-2-4-9(8)15(11)10-7-12-5-6-13-10/h1-4,10,12-13H,5-7H2,(H,14,16). The first-order valence-corrected chi connectivity index (χ1v) is 5.49. The lowest BCUT2D eigenvalue weighted by molar-refractivity contribution is 0.339. The lowest BCUT2D eigenvalue weighted by Crippen LogP contribution is -2.47. The molecule has 16 heavy (non-hydrogen) atoms. The average molecular weight is 218 g/mol. The molecule has 1 unspecified atom stereocenters. The fraction of sp³-hybridized carbons (Fsp3) is 0.364. The highest BCUT2D eigenvalue weighted by Gasteiger charge is 2.18. The lowest BCUT2D eigenvalue weighted by atomic mass is 10.3. The number of aromatic nitrogens is 2. The van der Waals surface area contributed by atoms with E-state index in [4.69, 9.17) is 0 Å². The zero-order valence-corrected chi connectivity index (χ0v) is 8.86. The van der Waals surface area contributed by atoms with Gasteiger partial charge in [0, 0.05) is 19.6 Å². The van der Waals surface area contributed by atoms with Crippen molar-refractivity contribution in [2.45, 2.75) is 6.17 Å². The van der Waals surface area contributed by atoms with Gasteiger partial charge < -0.3 is 10.3 Å². The molecular weight excluding hydrogens is 204 g/mol. The van der Waals surface area contributed by atoms with Crippen molar-refractivity contribution < 1.29 is 0 Å². The van der Waals surface area contributed by atoms with E-state index in [-0.39, 0.29) is 11.9 Å². The van der Waals surface area contributed by atoms with Crippen molar-refractivity contribution in [3.8, 4) is 0 Å². The molecule has 0 bridgehead atoms. The van der Waals surface area contributed by atoms with Crippen LogP contribution in [0.3, 0.4) is 0 Å². The number of para-hydroxylation sites is 2. The first-order valence-electron chi connectivity index (χ1n) is 5.49. The van der Waals surface area contributed by atoms with Crippen molar-refractivity contribution in [1.29, 1.82) is 0 Å². The van der Waals surface area contributed by atoms with Crippen LogP contribution in [0.15, 0.2) is 29.1 Å². The van der Waals surface area contributed by atoms with E-state index in [1.165, 1.54) is 0 Å². The van der Waals surface area contributed by atoms with Gasteiger partial charge in [-0.15, -0.1) is 0 Å². The SMILES string of the molecule is O=c1[nH]c2ccccc2n1C1CNCCN1. The van der Waals surface area contributed by atoms with Crippen molar-refractivity contribution in [3.05, 3.63) is 34.7 Å². The summed E-state index contributed by atoms with van der Waals surface area (Å²) in [5.74, 6) is 0. The second kappa shape index (κ2) is 3.77. The van der Waals surface area contributed by atoms with Crippen LogP contribution in [0.4, 0.5) is 0 Å². The van der Waals surface area contributed by atoms with Gasteiger partial charge in [0.15, 0.2) is 0 Å². The largest absolute Gasteiger partial charge is 0.327 e. The fourth-order valence-corrected chi connectivity index (χ4v) is 2.20. The Hall–Kier alpha value is -1.59. The number of piperazine rings is 1. The van der Waals surface area contributed by atoms with E-state index in [9.17, 15) is 4.79 Å². The molecule has 1 atom stereocenters. The highest BCUT2D eigenvalue weighted by atomic mass is 16.1. The molecule has 1 aromatic carbocycles. The first kappa shape index (κ1) is 9.62. The van der Waals surface area contributed by atoms with Crippen LogP contribution in [-0.2, 0) is 0 Å². The number of hydrogen-bond donors (Lipinski definition) is 3. The minimum atomic E-state index is -0.0533. The molecule has 1 aromatic heterocycles. The van der Waals surface area contributed by atoms with Crippen molar-refractivity contribution in [2.24, 2.45) is 0 Å². The zero-order chi connectivity index (χ0) is 11.0.